The maximum absolute atomic E-state index is 12.6. The molecule has 1 aromatic carbocycles. The van der Waals surface area contributed by atoms with E-state index >= 15 is 0 Å². The zero-order chi connectivity index (χ0) is 16.5. The molecule has 0 aromatic heterocycles. The van der Waals surface area contributed by atoms with Crippen molar-refractivity contribution in [3.8, 4) is 6.07 Å². The van der Waals surface area contributed by atoms with E-state index in [1.165, 1.54) is 6.42 Å². The van der Waals surface area contributed by atoms with Gasteiger partial charge in [-0.15, -0.1) is 0 Å². The van der Waals surface area contributed by atoms with Crippen LogP contribution in [0.4, 0.5) is 0 Å². The molecule has 120 valence electrons. The van der Waals surface area contributed by atoms with Crippen LogP contribution in [0.25, 0.3) is 0 Å². The van der Waals surface area contributed by atoms with Crippen molar-refractivity contribution in [2.75, 3.05) is 6.54 Å². The first kappa shape index (κ1) is 15.0. The number of carbonyl (C=O) groups excluding carboxylic acids is 1. The number of amides is 1. The summed E-state index contributed by atoms with van der Waals surface area (Å²) in [6, 6.07) is 9.40. The van der Waals surface area contributed by atoms with Crippen molar-refractivity contribution in [2.45, 2.75) is 38.6 Å². The van der Waals surface area contributed by atoms with Crippen molar-refractivity contribution in [3.63, 3.8) is 0 Å². The third-order valence-electron chi connectivity index (χ3n) is 7.08. The molecule has 4 nitrogen and oxygen atoms in total. The molecule has 1 saturated heterocycles. The van der Waals surface area contributed by atoms with Crippen LogP contribution in [-0.4, -0.2) is 23.0 Å². The zero-order valence-corrected chi connectivity index (χ0v) is 14.2. The van der Waals surface area contributed by atoms with Crippen molar-refractivity contribution in [1.29, 1.82) is 5.26 Å². The maximum atomic E-state index is 12.6. The highest BCUT2D eigenvalue weighted by Gasteiger charge is 2.78. The fourth-order valence-electron chi connectivity index (χ4n) is 5.43. The van der Waals surface area contributed by atoms with Gasteiger partial charge in [0.2, 0.25) is 0 Å². The Hall–Kier alpha value is -1.57. The number of benzene rings is 1. The number of nitrogens with zero attached hydrogens (tertiary/aromatic N) is 2. The minimum Gasteiger partial charge on any atom is -0.283 e. The van der Waals surface area contributed by atoms with Gasteiger partial charge in [-0.25, -0.2) is 0 Å². The molecule has 0 radical (unpaired) electrons. The monoisotopic (exact) mass is 329 g/mol. The highest BCUT2D eigenvalue weighted by Crippen LogP contribution is 2.75. The van der Waals surface area contributed by atoms with Gasteiger partial charge in [0.1, 0.15) is 5.54 Å². The molecule has 4 rings (SSSR count). The number of piperidine rings is 1. The SMILES string of the molecule is C[C@]12CC[C@H]3C[C@@]1(C#N)N(NC(=O)c1ccc(Cl)cc1)C[C@@]32C. The molecular weight excluding hydrogens is 310 g/mol. The quantitative estimate of drug-likeness (QED) is 0.904. The number of hydrogen-bond donors (Lipinski definition) is 1. The molecule has 4 atom stereocenters. The molecule has 3 aliphatic rings. The Kier molecular flexibility index (Phi) is 2.93. The molecule has 5 heteroatoms. The Morgan fingerprint density at radius 3 is 2.70 bits per heavy atom. The summed E-state index contributed by atoms with van der Waals surface area (Å²) in [6.45, 7) is 5.27. The second-order valence-electron chi connectivity index (χ2n) is 7.70. The van der Waals surface area contributed by atoms with E-state index in [2.05, 4.69) is 25.3 Å². The van der Waals surface area contributed by atoms with Crippen molar-refractivity contribution >= 4 is 17.5 Å². The Morgan fingerprint density at radius 2 is 2.09 bits per heavy atom. The predicted octanol–water partition coefficient (Wildman–Crippen LogP) is 3.39. The number of rotatable bonds is 2. The average Bonchev–Trinajstić information content (AvgIpc) is 2.96. The first-order valence-corrected chi connectivity index (χ1v) is 8.50. The number of hydrazine groups is 1. The van der Waals surface area contributed by atoms with Gasteiger partial charge >= 0.3 is 0 Å². The molecule has 1 N–H and O–H groups in total. The van der Waals surface area contributed by atoms with Crippen LogP contribution >= 0.6 is 11.6 Å². The number of hydrogen-bond acceptors (Lipinski definition) is 3. The van der Waals surface area contributed by atoms with Crippen molar-refractivity contribution in [3.05, 3.63) is 34.9 Å². The summed E-state index contributed by atoms with van der Waals surface area (Å²) in [6.07, 6.45) is 3.13. The fourth-order valence-corrected chi connectivity index (χ4v) is 5.56. The van der Waals surface area contributed by atoms with Crippen molar-refractivity contribution in [1.82, 2.24) is 10.4 Å². The molecule has 3 fully saturated rings. The lowest BCUT2D eigenvalue weighted by molar-refractivity contribution is 0.0240. The third kappa shape index (κ3) is 1.62. The van der Waals surface area contributed by atoms with Crippen LogP contribution in [-0.2, 0) is 0 Å². The van der Waals surface area contributed by atoms with Gasteiger partial charge in [0.15, 0.2) is 0 Å². The summed E-state index contributed by atoms with van der Waals surface area (Å²) in [7, 11) is 0. The highest BCUT2D eigenvalue weighted by atomic mass is 35.5. The fraction of sp³-hybridized carbons (Fsp3) is 0.556. The minimum atomic E-state index is -0.577. The molecule has 2 saturated carbocycles. The van der Waals surface area contributed by atoms with E-state index < -0.39 is 5.54 Å². The Balaban J connectivity index is 1.63. The molecule has 0 spiro atoms. The van der Waals surface area contributed by atoms with Crippen LogP contribution in [0.2, 0.25) is 5.02 Å². The summed E-state index contributed by atoms with van der Waals surface area (Å²) in [4.78, 5) is 12.6. The summed E-state index contributed by atoms with van der Waals surface area (Å²) in [5.74, 6) is 0.419. The van der Waals surface area contributed by atoms with Gasteiger partial charge in [-0.05, 0) is 54.9 Å². The number of carbonyl (C=O) groups is 1. The van der Waals surface area contributed by atoms with E-state index in [0.29, 0.717) is 16.5 Å². The average molecular weight is 330 g/mol. The Labute approximate surface area is 141 Å². The van der Waals surface area contributed by atoms with Gasteiger partial charge in [-0.3, -0.25) is 10.2 Å². The lowest BCUT2D eigenvalue weighted by atomic mass is 9.66. The molecule has 4 bridgehead atoms. The topological polar surface area (TPSA) is 56.1 Å². The van der Waals surface area contributed by atoms with Gasteiger partial charge in [0, 0.05) is 22.5 Å². The molecule has 2 aliphatic carbocycles. The predicted molar refractivity (Wildman–Crippen MR) is 87.5 cm³/mol. The van der Waals surface area contributed by atoms with Crippen LogP contribution in [0.3, 0.4) is 0 Å². The smallest absolute Gasteiger partial charge is 0.265 e. The molecule has 1 aliphatic heterocycles. The van der Waals surface area contributed by atoms with Gasteiger partial charge in [-0.1, -0.05) is 25.4 Å². The summed E-state index contributed by atoms with van der Waals surface area (Å²) in [5, 5.41) is 12.5. The van der Waals surface area contributed by atoms with Gasteiger partial charge < -0.3 is 0 Å². The van der Waals surface area contributed by atoms with Crippen LogP contribution in [0.15, 0.2) is 24.3 Å². The first-order chi connectivity index (χ1) is 10.9. The van der Waals surface area contributed by atoms with E-state index in [1.54, 1.807) is 24.3 Å². The number of halogens is 1. The van der Waals surface area contributed by atoms with Crippen LogP contribution in [0.1, 0.15) is 43.5 Å². The Morgan fingerprint density at radius 1 is 1.39 bits per heavy atom. The van der Waals surface area contributed by atoms with E-state index in [1.807, 2.05) is 5.01 Å². The lowest BCUT2D eigenvalue weighted by Gasteiger charge is -2.42. The third-order valence-corrected chi connectivity index (χ3v) is 7.34. The molecule has 1 aromatic rings. The van der Waals surface area contributed by atoms with Crippen LogP contribution in [0.5, 0.6) is 0 Å². The molecule has 23 heavy (non-hydrogen) atoms. The van der Waals surface area contributed by atoms with Crippen molar-refractivity contribution < 1.29 is 4.79 Å². The van der Waals surface area contributed by atoms with E-state index in [4.69, 9.17) is 11.6 Å². The molecule has 1 heterocycles. The maximum Gasteiger partial charge on any atom is 0.265 e. The second kappa shape index (κ2) is 4.49. The second-order valence-corrected chi connectivity index (χ2v) is 8.13. The minimum absolute atomic E-state index is 0.0489. The van der Waals surface area contributed by atoms with E-state index in [9.17, 15) is 10.1 Å². The Bertz CT molecular complexity index is 727. The number of nitrogens with one attached hydrogen (secondary N) is 1. The van der Waals surface area contributed by atoms with Gasteiger partial charge in [0.05, 0.1) is 6.07 Å². The first-order valence-electron chi connectivity index (χ1n) is 8.12. The summed E-state index contributed by atoms with van der Waals surface area (Å²) < 4.78 is 0. The lowest BCUT2D eigenvalue weighted by Crippen LogP contribution is -2.59. The molecular formula is C18H20ClN3O. The molecule has 1 amide bonds. The van der Waals surface area contributed by atoms with Gasteiger partial charge in [-0.2, -0.15) is 10.3 Å². The largest absolute Gasteiger partial charge is 0.283 e. The number of nitriles is 1. The standard InChI is InChI=1S/C18H20ClN3O/c1-16-11-22(21-15(23)12-3-5-14(19)6-4-12)18(10-20)9-13(16)7-8-17(16,18)2/h3-6,13H,7-9,11H2,1-2H3,(H,21,23)/t13-,16-,17+,18-/m0/s1. The highest BCUT2D eigenvalue weighted by molar-refractivity contribution is 6.30. The van der Waals surface area contributed by atoms with Gasteiger partial charge in [0.25, 0.3) is 5.91 Å². The normalized spacial score (nSPS) is 41.0. The summed E-state index contributed by atoms with van der Waals surface area (Å²) in [5.41, 5.74) is 3.04. The van der Waals surface area contributed by atoms with Crippen LogP contribution < -0.4 is 5.43 Å². The zero-order valence-electron chi connectivity index (χ0n) is 13.4. The van der Waals surface area contributed by atoms with E-state index in [-0.39, 0.29) is 16.7 Å². The van der Waals surface area contributed by atoms with E-state index in [0.717, 1.165) is 19.4 Å². The van der Waals surface area contributed by atoms with Crippen LogP contribution in [0, 0.1) is 28.1 Å². The van der Waals surface area contributed by atoms with Crippen molar-refractivity contribution in [2.24, 2.45) is 16.7 Å². The molecule has 0 unspecified atom stereocenters. The summed E-state index contributed by atoms with van der Waals surface area (Å²) >= 11 is 5.88.